The van der Waals surface area contributed by atoms with Crippen molar-refractivity contribution < 1.29 is 9.53 Å². The van der Waals surface area contributed by atoms with E-state index in [9.17, 15) is 10.1 Å². The van der Waals surface area contributed by atoms with Crippen LogP contribution in [0.4, 0.5) is 0 Å². The predicted molar refractivity (Wildman–Crippen MR) is 92.2 cm³/mol. The third-order valence-corrected chi connectivity index (χ3v) is 4.15. The van der Waals surface area contributed by atoms with E-state index < -0.39 is 11.6 Å². The van der Waals surface area contributed by atoms with Crippen molar-refractivity contribution in [1.29, 1.82) is 5.26 Å². The fourth-order valence-electron chi connectivity index (χ4n) is 1.95. The zero-order chi connectivity index (χ0) is 17.8. The Morgan fingerprint density at radius 3 is 2.30 bits per heavy atom. The molecule has 126 valence electrons. The van der Waals surface area contributed by atoms with Crippen molar-refractivity contribution in [1.82, 2.24) is 5.32 Å². The van der Waals surface area contributed by atoms with Crippen LogP contribution < -0.4 is 10.1 Å². The molecule has 1 amide bonds. The highest BCUT2D eigenvalue weighted by atomic mass is 16.5. The molecule has 2 atom stereocenters. The van der Waals surface area contributed by atoms with E-state index in [0.717, 1.165) is 5.56 Å². The van der Waals surface area contributed by atoms with Gasteiger partial charge in [0.1, 0.15) is 11.3 Å². The minimum atomic E-state index is -0.901. The summed E-state index contributed by atoms with van der Waals surface area (Å²) in [5.41, 5.74) is 0.260. The minimum Gasteiger partial charge on any atom is -0.481 e. The summed E-state index contributed by atoms with van der Waals surface area (Å²) in [4.78, 5) is 12.3. The van der Waals surface area contributed by atoms with Crippen molar-refractivity contribution in [2.45, 2.75) is 65.5 Å². The summed E-state index contributed by atoms with van der Waals surface area (Å²) in [6.07, 6.45) is -0.670. The topological polar surface area (TPSA) is 62.1 Å². The molecule has 0 bridgehead atoms. The number of rotatable bonds is 5. The standard InChI is InChI=1S/C19H28N2O2/c1-13(2)19(7,12-20)21-17(22)14(3)23-16-10-8-9-15(11-16)18(4,5)6/h8-11,13-14H,1-7H3,(H,21,22). The second kappa shape index (κ2) is 7.04. The molecule has 23 heavy (non-hydrogen) atoms. The Kier molecular flexibility index (Phi) is 5.82. The van der Waals surface area contributed by atoms with Gasteiger partial charge >= 0.3 is 0 Å². The number of nitrogens with zero attached hydrogens (tertiary/aromatic N) is 1. The summed E-state index contributed by atoms with van der Waals surface area (Å²) in [5.74, 6) is 0.375. The number of ether oxygens (including phenoxy) is 1. The lowest BCUT2D eigenvalue weighted by molar-refractivity contribution is -0.128. The third-order valence-electron chi connectivity index (χ3n) is 4.15. The Balaban J connectivity index is 2.82. The molecule has 0 saturated carbocycles. The molecule has 0 spiro atoms. The van der Waals surface area contributed by atoms with Crippen molar-refractivity contribution >= 4 is 5.91 Å². The first-order valence-corrected chi connectivity index (χ1v) is 8.00. The number of amides is 1. The molecule has 0 aromatic heterocycles. The summed E-state index contributed by atoms with van der Waals surface area (Å²) in [7, 11) is 0. The van der Waals surface area contributed by atoms with Crippen LogP contribution in [0.1, 0.15) is 54.0 Å². The van der Waals surface area contributed by atoms with Crippen LogP contribution in [-0.4, -0.2) is 17.6 Å². The van der Waals surface area contributed by atoms with Crippen LogP contribution in [0.15, 0.2) is 24.3 Å². The number of nitrogens with one attached hydrogen (secondary N) is 1. The third kappa shape index (κ3) is 4.99. The maximum atomic E-state index is 12.3. The number of carbonyl (C=O) groups excluding carboxylic acids is 1. The molecule has 0 aliphatic heterocycles. The van der Waals surface area contributed by atoms with Gasteiger partial charge in [0, 0.05) is 0 Å². The van der Waals surface area contributed by atoms with Gasteiger partial charge in [0.15, 0.2) is 6.10 Å². The van der Waals surface area contributed by atoms with Crippen LogP contribution in [0.5, 0.6) is 5.75 Å². The van der Waals surface area contributed by atoms with Crippen molar-refractivity contribution in [2.75, 3.05) is 0 Å². The number of hydrogen-bond donors (Lipinski definition) is 1. The maximum Gasteiger partial charge on any atom is 0.262 e. The molecule has 0 fully saturated rings. The second-order valence-electron chi connectivity index (χ2n) is 7.50. The van der Waals surface area contributed by atoms with E-state index in [-0.39, 0.29) is 17.2 Å². The van der Waals surface area contributed by atoms with Crippen molar-refractivity contribution in [3.63, 3.8) is 0 Å². The molecule has 1 rings (SSSR count). The van der Waals surface area contributed by atoms with Gasteiger partial charge in [-0.3, -0.25) is 4.79 Å². The van der Waals surface area contributed by atoms with Gasteiger partial charge in [-0.2, -0.15) is 5.26 Å². The molecule has 1 aromatic rings. The molecule has 0 aliphatic carbocycles. The van der Waals surface area contributed by atoms with Gasteiger partial charge in [-0.05, 0) is 42.9 Å². The van der Waals surface area contributed by atoms with E-state index in [1.807, 2.05) is 38.1 Å². The zero-order valence-electron chi connectivity index (χ0n) is 15.2. The van der Waals surface area contributed by atoms with Crippen LogP contribution in [0.3, 0.4) is 0 Å². The summed E-state index contributed by atoms with van der Waals surface area (Å²) in [5, 5.41) is 12.1. The van der Waals surface area contributed by atoms with Gasteiger partial charge < -0.3 is 10.1 Å². The first-order valence-electron chi connectivity index (χ1n) is 8.00. The average Bonchev–Trinajstić information content (AvgIpc) is 2.46. The molecule has 2 unspecified atom stereocenters. The summed E-state index contributed by atoms with van der Waals surface area (Å²) >= 11 is 0. The molecule has 1 aromatic carbocycles. The number of benzene rings is 1. The van der Waals surface area contributed by atoms with Gasteiger partial charge in [0.2, 0.25) is 0 Å². The molecule has 0 heterocycles. The Hall–Kier alpha value is -2.02. The predicted octanol–water partition coefficient (Wildman–Crippen LogP) is 3.81. The van der Waals surface area contributed by atoms with Crippen molar-refractivity contribution in [3.8, 4) is 11.8 Å². The monoisotopic (exact) mass is 316 g/mol. The van der Waals surface area contributed by atoms with E-state index in [4.69, 9.17) is 4.74 Å². The number of carbonyl (C=O) groups is 1. The van der Waals surface area contributed by atoms with Gasteiger partial charge in [-0.1, -0.05) is 46.8 Å². The lowest BCUT2D eigenvalue weighted by Gasteiger charge is -2.29. The second-order valence-corrected chi connectivity index (χ2v) is 7.50. The van der Waals surface area contributed by atoms with E-state index >= 15 is 0 Å². The van der Waals surface area contributed by atoms with Crippen LogP contribution >= 0.6 is 0 Å². The number of nitriles is 1. The van der Waals surface area contributed by atoms with Crippen molar-refractivity contribution in [2.24, 2.45) is 5.92 Å². The molecule has 0 saturated heterocycles. The summed E-state index contributed by atoms with van der Waals surface area (Å²) < 4.78 is 5.76. The summed E-state index contributed by atoms with van der Waals surface area (Å²) in [6, 6.07) is 9.93. The fourth-order valence-corrected chi connectivity index (χ4v) is 1.95. The molecule has 4 nitrogen and oxygen atoms in total. The SMILES string of the molecule is CC(Oc1cccc(C(C)(C)C)c1)C(=O)NC(C)(C#N)C(C)C. The lowest BCUT2D eigenvalue weighted by atomic mass is 9.87. The van der Waals surface area contributed by atoms with Crippen molar-refractivity contribution in [3.05, 3.63) is 29.8 Å². The molecular weight excluding hydrogens is 288 g/mol. The molecule has 1 N–H and O–H groups in total. The lowest BCUT2D eigenvalue weighted by Crippen LogP contribution is -2.52. The molecule has 4 heteroatoms. The van der Waals surface area contributed by atoms with Gasteiger partial charge in [-0.25, -0.2) is 0 Å². The first-order chi connectivity index (χ1) is 10.5. The number of hydrogen-bond acceptors (Lipinski definition) is 3. The highest BCUT2D eigenvalue weighted by molar-refractivity contribution is 5.81. The molecule has 0 aliphatic rings. The Morgan fingerprint density at radius 2 is 1.83 bits per heavy atom. The normalized spacial score (nSPS) is 15.4. The van der Waals surface area contributed by atoms with E-state index in [1.165, 1.54) is 0 Å². The Morgan fingerprint density at radius 1 is 1.22 bits per heavy atom. The van der Waals surface area contributed by atoms with Crippen LogP contribution in [0.2, 0.25) is 0 Å². The van der Waals surface area contributed by atoms with Crippen LogP contribution in [0, 0.1) is 17.2 Å². The fraction of sp³-hybridized carbons (Fsp3) is 0.579. The Labute approximate surface area is 139 Å². The quantitative estimate of drug-likeness (QED) is 0.898. The Bertz CT molecular complexity index is 596. The van der Waals surface area contributed by atoms with Crippen LogP contribution in [-0.2, 0) is 10.2 Å². The van der Waals surface area contributed by atoms with E-state index in [0.29, 0.717) is 5.75 Å². The molecular formula is C19H28N2O2. The molecule has 0 radical (unpaired) electrons. The first kappa shape index (κ1) is 19.0. The van der Waals surface area contributed by atoms with E-state index in [1.54, 1.807) is 13.8 Å². The van der Waals surface area contributed by atoms with Gasteiger partial charge in [-0.15, -0.1) is 0 Å². The summed E-state index contributed by atoms with van der Waals surface area (Å²) in [6.45, 7) is 13.6. The smallest absolute Gasteiger partial charge is 0.262 e. The van der Waals surface area contributed by atoms with E-state index in [2.05, 4.69) is 32.2 Å². The minimum absolute atomic E-state index is 0.00729. The zero-order valence-corrected chi connectivity index (χ0v) is 15.2. The van der Waals surface area contributed by atoms with Gasteiger partial charge in [0.25, 0.3) is 5.91 Å². The highest BCUT2D eigenvalue weighted by Crippen LogP contribution is 2.26. The largest absolute Gasteiger partial charge is 0.481 e. The van der Waals surface area contributed by atoms with Gasteiger partial charge in [0.05, 0.1) is 6.07 Å². The average molecular weight is 316 g/mol. The highest BCUT2D eigenvalue weighted by Gasteiger charge is 2.32. The van der Waals surface area contributed by atoms with Crippen LogP contribution in [0.25, 0.3) is 0 Å². The maximum absolute atomic E-state index is 12.3.